The lowest BCUT2D eigenvalue weighted by molar-refractivity contribution is 0.769. The molecule has 0 unspecified atom stereocenters. The first kappa shape index (κ1) is 9.46. The van der Waals surface area contributed by atoms with Gasteiger partial charge in [-0.15, -0.1) is 11.6 Å². The number of aromatic nitrogens is 3. The van der Waals surface area contributed by atoms with E-state index in [4.69, 9.17) is 11.6 Å². The highest BCUT2D eigenvalue weighted by molar-refractivity contribution is 6.17. The van der Waals surface area contributed by atoms with E-state index in [1.807, 2.05) is 6.07 Å². The predicted octanol–water partition coefficient (Wildman–Crippen LogP) is 2.52. The molecule has 0 fully saturated rings. The molecule has 0 saturated heterocycles. The van der Waals surface area contributed by atoms with Gasteiger partial charge in [0.1, 0.15) is 5.82 Å². The van der Waals surface area contributed by atoms with E-state index in [0.717, 1.165) is 42.0 Å². The molecule has 0 saturated carbocycles. The van der Waals surface area contributed by atoms with Crippen molar-refractivity contribution in [2.45, 2.75) is 19.3 Å². The second-order valence-electron chi connectivity index (χ2n) is 3.22. The molecule has 0 radical (unpaired) electrons. The van der Waals surface area contributed by atoms with Crippen molar-refractivity contribution in [3.05, 3.63) is 24.3 Å². The summed E-state index contributed by atoms with van der Waals surface area (Å²) < 4.78 is 0. The molecule has 1 N–H and O–H groups in total. The van der Waals surface area contributed by atoms with Crippen LogP contribution in [0.25, 0.3) is 11.0 Å². The van der Waals surface area contributed by atoms with Gasteiger partial charge in [0.2, 0.25) is 0 Å². The first-order valence-electron chi connectivity index (χ1n) is 4.75. The number of aryl methyl sites for hydroxylation is 1. The molecule has 0 aliphatic heterocycles. The zero-order valence-electron chi connectivity index (χ0n) is 7.83. The third-order valence-electron chi connectivity index (χ3n) is 2.13. The fourth-order valence-corrected chi connectivity index (χ4v) is 1.60. The maximum absolute atomic E-state index is 5.61. The van der Waals surface area contributed by atoms with Crippen molar-refractivity contribution in [2.75, 3.05) is 5.88 Å². The van der Waals surface area contributed by atoms with Crippen molar-refractivity contribution in [2.24, 2.45) is 0 Å². The van der Waals surface area contributed by atoms with Gasteiger partial charge in [-0.1, -0.05) is 0 Å². The van der Waals surface area contributed by atoms with Crippen molar-refractivity contribution in [3.8, 4) is 0 Å². The fraction of sp³-hybridized carbons (Fsp3) is 0.400. The summed E-state index contributed by atoms with van der Waals surface area (Å²) in [6.07, 6.45) is 6.63. The number of alkyl halides is 1. The normalized spacial score (nSPS) is 10.9. The molecule has 0 amide bonds. The number of fused-ring (bicyclic) bond motifs is 1. The Labute approximate surface area is 87.5 Å². The summed E-state index contributed by atoms with van der Waals surface area (Å²) in [5.41, 5.74) is 1.99. The van der Waals surface area contributed by atoms with Crippen LogP contribution >= 0.6 is 11.6 Å². The first-order valence-corrected chi connectivity index (χ1v) is 5.28. The number of H-pyrrole nitrogens is 1. The van der Waals surface area contributed by atoms with Crippen LogP contribution in [0.4, 0.5) is 0 Å². The van der Waals surface area contributed by atoms with E-state index in [9.17, 15) is 0 Å². The van der Waals surface area contributed by atoms with Crippen LogP contribution in [-0.2, 0) is 6.42 Å². The lowest BCUT2D eigenvalue weighted by atomic mass is 10.2. The third kappa shape index (κ3) is 2.04. The van der Waals surface area contributed by atoms with Crippen LogP contribution in [0.5, 0.6) is 0 Å². The Bertz CT molecular complexity index is 377. The molecule has 0 aromatic carbocycles. The van der Waals surface area contributed by atoms with Crippen LogP contribution in [0.15, 0.2) is 18.5 Å². The Morgan fingerprint density at radius 1 is 1.36 bits per heavy atom. The minimum Gasteiger partial charge on any atom is -0.341 e. The molecular formula is C10H12ClN3. The van der Waals surface area contributed by atoms with Gasteiger partial charge in [0, 0.05) is 18.5 Å². The van der Waals surface area contributed by atoms with Crippen LogP contribution < -0.4 is 0 Å². The number of aromatic amines is 1. The minimum atomic E-state index is 0.724. The fourth-order valence-electron chi connectivity index (χ4n) is 1.42. The van der Waals surface area contributed by atoms with E-state index in [2.05, 4.69) is 15.0 Å². The van der Waals surface area contributed by atoms with Gasteiger partial charge in [0.25, 0.3) is 0 Å². The average Bonchev–Trinajstić information content (AvgIpc) is 2.60. The van der Waals surface area contributed by atoms with Crippen molar-refractivity contribution in [1.29, 1.82) is 0 Å². The molecule has 74 valence electrons. The molecule has 0 aliphatic rings. The first-order chi connectivity index (χ1) is 6.90. The second kappa shape index (κ2) is 4.42. The van der Waals surface area contributed by atoms with Gasteiger partial charge >= 0.3 is 0 Å². The Hall–Kier alpha value is -1.09. The summed E-state index contributed by atoms with van der Waals surface area (Å²) in [4.78, 5) is 11.7. The minimum absolute atomic E-state index is 0.724. The quantitative estimate of drug-likeness (QED) is 0.621. The van der Waals surface area contributed by atoms with Gasteiger partial charge in [-0.25, -0.2) is 4.98 Å². The van der Waals surface area contributed by atoms with E-state index in [1.165, 1.54) is 0 Å². The van der Waals surface area contributed by atoms with Crippen LogP contribution in [0.1, 0.15) is 18.7 Å². The van der Waals surface area contributed by atoms with E-state index >= 15 is 0 Å². The molecule has 2 aromatic rings. The lowest BCUT2D eigenvalue weighted by Crippen LogP contribution is -1.88. The third-order valence-corrected chi connectivity index (χ3v) is 2.40. The zero-order valence-corrected chi connectivity index (χ0v) is 8.59. The molecule has 0 aliphatic carbocycles. The number of halogens is 1. The molecule has 2 heterocycles. The van der Waals surface area contributed by atoms with Crippen molar-refractivity contribution in [3.63, 3.8) is 0 Å². The van der Waals surface area contributed by atoms with Crippen LogP contribution in [-0.4, -0.2) is 20.8 Å². The van der Waals surface area contributed by atoms with Crippen molar-refractivity contribution < 1.29 is 0 Å². The number of hydrogen-bond donors (Lipinski definition) is 1. The molecule has 0 atom stereocenters. The van der Waals surface area contributed by atoms with Gasteiger partial charge in [-0.05, 0) is 18.9 Å². The summed E-state index contributed by atoms with van der Waals surface area (Å²) in [7, 11) is 0. The molecule has 14 heavy (non-hydrogen) atoms. The molecule has 0 bridgehead atoms. The SMILES string of the molecule is ClCCCCc1nc2ccncc2[nH]1. The summed E-state index contributed by atoms with van der Waals surface area (Å²) in [5, 5.41) is 0. The average molecular weight is 210 g/mol. The largest absolute Gasteiger partial charge is 0.341 e. The number of nitrogens with zero attached hydrogens (tertiary/aromatic N) is 2. The molecular weight excluding hydrogens is 198 g/mol. The lowest BCUT2D eigenvalue weighted by Gasteiger charge is -1.92. The summed E-state index contributed by atoms with van der Waals surface area (Å²) in [5.74, 6) is 1.75. The zero-order chi connectivity index (χ0) is 9.80. The maximum atomic E-state index is 5.61. The van der Waals surface area contributed by atoms with Crippen LogP contribution in [0.2, 0.25) is 0 Å². The van der Waals surface area contributed by atoms with E-state index < -0.39 is 0 Å². The Balaban J connectivity index is 2.11. The van der Waals surface area contributed by atoms with Gasteiger partial charge in [0.15, 0.2) is 0 Å². The number of rotatable bonds is 4. The summed E-state index contributed by atoms with van der Waals surface area (Å²) in [6, 6.07) is 1.91. The second-order valence-corrected chi connectivity index (χ2v) is 3.60. The van der Waals surface area contributed by atoms with E-state index in [0.29, 0.717) is 0 Å². The monoisotopic (exact) mass is 209 g/mol. The predicted molar refractivity (Wildman–Crippen MR) is 57.5 cm³/mol. The van der Waals surface area contributed by atoms with Gasteiger partial charge in [0.05, 0.1) is 17.2 Å². The van der Waals surface area contributed by atoms with E-state index in [1.54, 1.807) is 12.4 Å². The van der Waals surface area contributed by atoms with Crippen LogP contribution in [0, 0.1) is 0 Å². The number of pyridine rings is 1. The molecule has 2 aromatic heterocycles. The molecule has 4 heteroatoms. The number of nitrogens with one attached hydrogen (secondary N) is 1. The molecule has 2 rings (SSSR count). The van der Waals surface area contributed by atoms with E-state index in [-0.39, 0.29) is 0 Å². The summed E-state index contributed by atoms with van der Waals surface area (Å²) in [6.45, 7) is 0. The van der Waals surface area contributed by atoms with Gasteiger partial charge < -0.3 is 4.98 Å². The molecule has 0 spiro atoms. The summed E-state index contributed by atoms with van der Waals surface area (Å²) >= 11 is 5.61. The van der Waals surface area contributed by atoms with Gasteiger partial charge in [-0.3, -0.25) is 4.98 Å². The standard InChI is InChI=1S/C10H12ClN3/c11-5-2-1-3-10-13-8-4-6-12-7-9(8)14-10/h4,6-7H,1-3,5H2,(H,13,14). The Morgan fingerprint density at radius 3 is 3.07 bits per heavy atom. The van der Waals surface area contributed by atoms with Crippen molar-refractivity contribution >= 4 is 22.6 Å². The maximum Gasteiger partial charge on any atom is 0.107 e. The Morgan fingerprint density at radius 2 is 2.29 bits per heavy atom. The highest BCUT2D eigenvalue weighted by Gasteiger charge is 2.01. The van der Waals surface area contributed by atoms with Crippen LogP contribution in [0.3, 0.4) is 0 Å². The molecule has 3 nitrogen and oxygen atoms in total. The Kier molecular flexibility index (Phi) is 2.99. The highest BCUT2D eigenvalue weighted by atomic mass is 35.5. The number of unbranched alkanes of at least 4 members (excludes halogenated alkanes) is 1. The highest BCUT2D eigenvalue weighted by Crippen LogP contribution is 2.10. The smallest absolute Gasteiger partial charge is 0.107 e. The number of hydrogen-bond acceptors (Lipinski definition) is 2. The topological polar surface area (TPSA) is 41.6 Å². The number of imidazole rings is 1. The van der Waals surface area contributed by atoms with Crippen molar-refractivity contribution in [1.82, 2.24) is 15.0 Å². The van der Waals surface area contributed by atoms with Gasteiger partial charge in [-0.2, -0.15) is 0 Å².